The van der Waals surface area contributed by atoms with Gasteiger partial charge < -0.3 is 4.74 Å². The molecule has 2 aromatic carbocycles. The van der Waals surface area contributed by atoms with Crippen molar-refractivity contribution in [1.82, 2.24) is 0 Å². The molecule has 134 valence electrons. The first-order valence-corrected chi connectivity index (χ1v) is 9.61. The molecule has 0 aliphatic carbocycles. The zero-order chi connectivity index (χ0) is 18.8. The Morgan fingerprint density at radius 2 is 1.64 bits per heavy atom. The highest BCUT2D eigenvalue weighted by atomic mass is 35.5. The molecule has 0 radical (unpaired) electrons. The van der Waals surface area contributed by atoms with Crippen molar-refractivity contribution in [1.29, 1.82) is 0 Å². The third-order valence-corrected chi connectivity index (χ3v) is 6.38. The van der Waals surface area contributed by atoms with Gasteiger partial charge in [0.15, 0.2) is 0 Å². The predicted octanol–water partition coefficient (Wildman–Crippen LogP) is 4.67. The summed E-state index contributed by atoms with van der Waals surface area (Å²) in [6, 6.07) is 8.14. The Labute approximate surface area is 165 Å². The summed E-state index contributed by atoms with van der Waals surface area (Å²) in [5, 5.41) is 0.498. The number of rotatable bonds is 5. The van der Waals surface area contributed by atoms with Crippen LogP contribution >= 0.6 is 46.4 Å². The van der Waals surface area contributed by atoms with Crippen molar-refractivity contribution in [3.8, 4) is 0 Å². The fraction of sp³-hybridized carbons (Fsp3) is 0.133. The maximum atomic E-state index is 13.1. The fourth-order valence-corrected chi connectivity index (χ4v) is 4.36. The van der Waals surface area contributed by atoms with Crippen LogP contribution in [0.3, 0.4) is 0 Å². The molecule has 0 aliphatic rings. The van der Waals surface area contributed by atoms with Crippen LogP contribution in [-0.2, 0) is 19.6 Å². The van der Waals surface area contributed by atoms with E-state index < -0.39 is 22.5 Å². The predicted molar refractivity (Wildman–Crippen MR) is 99.5 cm³/mol. The van der Waals surface area contributed by atoms with Crippen LogP contribution < -0.4 is 4.31 Å². The van der Waals surface area contributed by atoms with Crippen LogP contribution in [0.25, 0.3) is 0 Å². The Morgan fingerprint density at radius 1 is 1.00 bits per heavy atom. The Bertz CT molecular complexity index is 918. The lowest BCUT2D eigenvalue weighted by Crippen LogP contribution is -2.36. The molecule has 0 amide bonds. The average molecular weight is 443 g/mol. The zero-order valence-corrected chi connectivity index (χ0v) is 16.5. The molecule has 0 saturated carbocycles. The van der Waals surface area contributed by atoms with Crippen LogP contribution in [0.5, 0.6) is 0 Å². The minimum absolute atomic E-state index is 0.0423. The van der Waals surface area contributed by atoms with Gasteiger partial charge >= 0.3 is 5.97 Å². The molecular formula is C15H11Cl4NO4S. The van der Waals surface area contributed by atoms with E-state index >= 15 is 0 Å². The number of anilines is 1. The van der Waals surface area contributed by atoms with E-state index in [4.69, 9.17) is 46.4 Å². The van der Waals surface area contributed by atoms with Gasteiger partial charge in [-0.3, -0.25) is 9.10 Å². The summed E-state index contributed by atoms with van der Waals surface area (Å²) >= 11 is 23.7. The monoisotopic (exact) mass is 441 g/mol. The molecule has 0 aliphatic heterocycles. The molecule has 0 heterocycles. The van der Waals surface area contributed by atoms with Gasteiger partial charge in [0.25, 0.3) is 10.0 Å². The maximum absolute atomic E-state index is 13.1. The van der Waals surface area contributed by atoms with Gasteiger partial charge in [-0.25, -0.2) is 8.42 Å². The Hall–Kier alpha value is -1.18. The van der Waals surface area contributed by atoms with Gasteiger partial charge in [-0.2, -0.15) is 0 Å². The van der Waals surface area contributed by atoms with Gasteiger partial charge in [0.05, 0.1) is 27.9 Å². The number of methoxy groups -OCH3 is 1. The molecule has 25 heavy (non-hydrogen) atoms. The molecule has 0 fully saturated rings. The van der Waals surface area contributed by atoms with Crippen LogP contribution in [-0.4, -0.2) is 28.0 Å². The average Bonchev–Trinajstić information content (AvgIpc) is 2.57. The summed E-state index contributed by atoms with van der Waals surface area (Å²) in [6.45, 7) is -0.584. The van der Waals surface area contributed by atoms with E-state index in [2.05, 4.69) is 4.74 Å². The highest BCUT2D eigenvalue weighted by Crippen LogP contribution is 2.33. The largest absolute Gasteiger partial charge is 0.468 e. The van der Waals surface area contributed by atoms with Crippen molar-refractivity contribution in [2.75, 3.05) is 18.0 Å². The summed E-state index contributed by atoms with van der Waals surface area (Å²) in [5.74, 6) is -0.771. The normalized spacial score (nSPS) is 11.2. The molecular weight excluding hydrogens is 432 g/mol. The van der Waals surface area contributed by atoms with Crippen molar-refractivity contribution in [3.63, 3.8) is 0 Å². The number of esters is 1. The lowest BCUT2D eigenvalue weighted by molar-refractivity contribution is -0.138. The molecule has 2 aromatic rings. The maximum Gasteiger partial charge on any atom is 0.326 e. The van der Waals surface area contributed by atoms with E-state index in [1.54, 1.807) is 0 Å². The second-order valence-corrected chi connectivity index (χ2v) is 8.25. The summed E-state index contributed by atoms with van der Waals surface area (Å²) in [6.07, 6.45) is 0. The van der Waals surface area contributed by atoms with Gasteiger partial charge in [0.1, 0.15) is 11.4 Å². The lowest BCUT2D eigenvalue weighted by atomic mass is 10.3. The second kappa shape index (κ2) is 8.01. The minimum atomic E-state index is -4.23. The van der Waals surface area contributed by atoms with E-state index in [1.807, 2.05) is 0 Å². The molecule has 0 aromatic heterocycles. The van der Waals surface area contributed by atoms with Crippen molar-refractivity contribution in [2.24, 2.45) is 0 Å². The van der Waals surface area contributed by atoms with Gasteiger partial charge in [-0.15, -0.1) is 0 Å². The number of carbonyl (C=O) groups is 1. The highest BCUT2D eigenvalue weighted by molar-refractivity contribution is 7.93. The molecule has 0 spiro atoms. The molecule has 0 saturated heterocycles. The van der Waals surface area contributed by atoms with E-state index in [-0.39, 0.29) is 30.7 Å². The number of hydrogen-bond donors (Lipinski definition) is 0. The van der Waals surface area contributed by atoms with Gasteiger partial charge in [-0.05, 0) is 36.4 Å². The molecule has 2 rings (SSSR count). The Morgan fingerprint density at radius 3 is 2.24 bits per heavy atom. The van der Waals surface area contributed by atoms with Crippen molar-refractivity contribution < 1.29 is 17.9 Å². The Balaban J connectivity index is 2.63. The minimum Gasteiger partial charge on any atom is -0.468 e. The number of halogens is 4. The molecule has 0 atom stereocenters. The lowest BCUT2D eigenvalue weighted by Gasteiger charge is -2.24. The van der Waals surface area contributed by atoms with E-state index in [0.717, 1.165) is 11.4 Å². The zero-order valence-electron chi connectivity index (χ0n) is 12.7. The number of nitrogens with zero attached hydrogens (tertiary/aromatic N) is 1. The van der Waals surface area contributed by atoms with Crippen LogP contribution in [0, 0.1) is 0 Å². The fourth-order valence-electron chi connectivity index (χ4n) is 1.93. The molecule has 5 nitrogen and oxygen atoms in total. The molecule has 10 heteroatoms. The SMILES string of the molecule is COC(=O)CN(c1ccc(Cl)c(Cl)c1)S(=O)(=O)c1cc(Cl)ccc1Cl. The standard InChI is InChI=1S/C15H11Cl4NO4S/c1-24-15(21)8-20(10-3-5-11(17)13(19)7-10)25(22,23)14-6-9(16)2-4-12(14)18/h2-7H,8H2,1H3. The Kier molecular flexibility index (Phi) is 6.45. The van der Waals surface area contributed by atoms with Crippen LogP contribution in [0.15, 0.2) is 41.3 Å². The van der Waals surface area contributed by atoms with Gasteiger partial charge in [-0.1, -0.05) is 46.4 Å². The quantitative estimate of drug-likeness (QED) is 0.631. The smallest absolute Gasteiger partial charge is 0.326 e. The van der Waals surface area contributed by atoms with E-state index in [0.29, 0.717) is 0 Å². The van der Waals surface area contributed by atoms with Crippen LogP contribution in [0.2, 0.25) is 20.1 Å². The molecule has 0 N–H and O–H groups in total. The first-order chi connectivity index (χ1) is 11.7. The second-order valence-electron chi connectivity index (χ2n) is 4.76. The molecule has 0 unspecified atom stereocenters. The summed E-state index contributed by atoms with van der Waals surface area (Å²) in [4.78, 5) is 11.5. The summed E-state index contributed by atoms with van der Waals surface area (Å²) in [7, 11) is -3.08. The van der Waals surface area contributed by atoms with Crippen LogP contribution in [0.4, 0.5) is 5.69 Å². The van der Waals surface area contributed by atoms with Crippen molar-refractivity contribution >= 4 is 68.1 Å². The van der Waals surface area contributed by atoms with Crippen molar-refractivity contribution in [2.45, 2.75) is 4.90 Å². The number of hydrogen-bond acceptors (Lipinski definition) is 4. The third kappa shape index (κ3) is 4.51. The molecule has 0 bridgehead atoms. The first kappa shape index (κ1) is 20.1. The van der Waals surface area contributed by atoms with E-state index in [1.165, 1.54) is 36.4 Å². The summed E-state index contributed by atoms with van der Waals surface area (Å²) in [5.41, 5.74) is 0.121. The first-order valence-electron chi connectivity index (χ1n) is 6.66. The number of ether oxygens (including phenoxy) is 1. The van der Waals surface area contributed by atoms with Gasteiger partial charge in [0.2, 0.25) is 0 Å². The van der Waals surface area contributed by atoms with Crippen LogP contribution in [0.1, 0.15) is 0 Å². The number of carbonyl (C=O) groups excluding carboxylic acids is 1. The highest BCUT2D eigenvalue weighted by Gasteiger charge is 2.30. The van der Waals surface area contributed by atoms with E-state index in [9.17, 15) is 13.2 Å². The topological polar surface area (TPSA) is 63.7 Å². The third-order valence-electron chi connectivity index (χ3n) is 3.15. The summed E-state index contributed by atoms with van der Waals surface area (Å²) < 4.78 is 31.5. The van der Waals surface area contributed by atoms with Crippen molar-refractivity contribution in [3.05, 3.63) is 56.5 Å². The number of sulfonamides is 1. The van der Waals surface area contributed by atoms with Gasteiger partial charge in [0, 0.05) is 5.02 Å². The number of benzene rings is 2.